The van der Waals surface area contributed by atoms with E-state index in [0.717, 1.165) is 96.3 Å². The molecule has 0 rings (SSSR count). The Balaban J connectivity index is 4.72. The van der Waals surface area contributed by atoms with Crippen molar-refractivity contribution in [3.63, 3.8) is 0 Å². The van der Waals surface area contributed by atoms with E-state index < -0.39 is 11.2 Å². The number of hydrogen-bond donors (Lipinski definition) is 3. The first-order valence-corrected chi connectivity index (χ1v) is 25.5. The molecule has 0 saturated carbocycles. The van der Waals surface area contributed by atoms with Crippen LogP contribution in [0.5, 0.6) is 0 Å². The molecule has 0 amide bonds. The number of aliphatic hydroxyl groups excluding tert-OH is 1. The van der Waals surface area contributed by atoms with Crippen molar-refractivity contribution >= 4 is 0 Å². The summed E-state index contributed by atoms with van der Waals surface area (Å²) in [5.74, 6) is 0. The molecule has 0 aliphatic carbocycles. The summed E-state index contributed by atoms with van der Waals surface area (Å²) in [6.45, 7) is 6.31. The molecule has 344 valence electrons. The van der Waals surface area contributed by atoms with Crippen molar-refractivity contribution in [3.8, 4) is 0 Å². The molecule has 0 saturated heterocycles. The molecule has 60 heavy (non-hydrogen) atoms. The lowest BCUT2D eigenvalue weighted by Gasteiger charge is -2.43. The summed E-state index contributed by atoms with van der Waals surface area (Å²) in [7, 11) is 0. The van der Waals surface area contributed by atoms with Crippen LogP contribution >= 0.6 is 0 Å². The molecule has 1 atom stereocenters. The maximum Gasteiger partial charge on any atom is 0.116 e. The van der Waals surface area contributed by atoms with Gasteiger partial charge in [0.1, 0.15) is 5.60 Å². The Morgan fingerprint density at radius 3 is 0.733 bits per heavy atom. The van der Waals surface area contributed by atoms with Gasteiger partial charge >= 0.3 is 0 Å². The van der Waals surface area contributed by atoms with Crippen LogP contribution < -0.4 is 0 Å². The van der Waals surface area contributed by atoms with Crippen LogP contribution in [-0.2, 0) is 0 Å². The molecule has 1 unspecified atom stereocenters. The van der Waals surface area contributed by atoms with E-state index in [4.69, 9.17) is 0 Å². The average Bonchev–Trinajstić information content (AvgIpc) is 3.25. The lowest BCUT2D eigenvalue weighted by Crippen LogP contribution is -2.56. The van der Waals surface area contributed by atoms with Crippen LogP contribution in [0.2, 0.25) is 0 Å². The van der Waals surface area contributed by atoms with Gasteiger partial charge in [0.15, 0.2) is 0 Å². The summed E-state index contributed by atoms with van der Waals surface area (Å²) in [5.41, 5.74) is -2.67. The summed E-state index contributed by atoms with van der Waals surface area (Å²) in [6, 6.07) is 0. The fraction of sp³-hybridized carbons (Fsp3) is 0.684. The fourth-order valence-electron chi connectivity index (χ4n) is 7.61. The van der Waals surface area contributed by atoms with E-state index in [9.17, 15) is 15.3 Å². The molecule has 0 aliphatic heterocycles. The van der Waals surface area contributed by atoms with E-state index in [1.165, 1.54) is 96.3 Å². The van der Waals surface area contributed by atoms with Crippen LogP contribution in [0.4, 0.5) is 0 Å². The molecule has 0 aliphatic rings. The summed E-state index contributed by atoms with van der Waals surface area (Å²) < 4.78 is 0. The lowest BCUT2D eigenvalue weighted by atomic mass is 9.73. The van der Waals surface area contributed by atoms with Crippen molar-refractivity contribution in [3.05, 3.63) is 109 Å². The largest absolute Gasteiger partial charge is 0.393 e. The summed E-state index contributed by atoms with van der Waals surface area (Å²) in [6.07, 6.45) is 75.3. The molecule has 3 nitrogen and oxygen atoms in total. The maximum absolute atomic E-state index is 12.1. The van der Waals surface area contributed by atoms with E-state index in [2.05, 4.69) is 130 Å². The quantitative estimate of drug-likeness (QED) is 0.0423. The van der Waals surface area contributed by atoms with Crippen molar-refractivity contribution in [1.29, 1.82) is 0 Å². The Bertz CT molecular complexity index is 1110. The molecular formula is C57H98O3. The molecule has 0 radical (unpaired) electrons. The van der Waals surface area contributed by atoms with E-state index in [-0.39, 0.29) is 6.61 Å². The number of unbranched alkanes of at least 4 members (excludes halogenated alkanes) is 24. The van der Waals surface area contributed by atoms with Gasteiger partial charge < -0.3 is 15.3 Å². The third-order valence-electron chi connectivity index (χ3n) is 11.8. The second kappa shape index (κ2) is 46.1. The molecule has 3 N–H and O–H groups in total. The van der Waals surface area contributed by atoms with Gasteiger partial charge in [0.2, 0.25) is 0 Å². The van der Waals surface area contributed by atoms with E-state index in [1.54, 1.807) is 0 Å². The second-order valence-corrected chi connectivity index (χ2v) is 17.4. The first kappa shape index (κ1) is 57.5. The van der Waals surface area contributed by atoms with Gasteiger partial charge in [0.25, 0.3) is 0 Å². The van der Waals surface area contributed by atoms with Crippen LogP contribution in [0.15, 0.2) is 109 Å². The predicted molar refractivity (Wildman–Crippen MR) is 269 cm³/mol. The zero-order valence-electron chi connectivity index (χ0n) is 39.8. The Labute approximate surface area is 373 Å². The highest BCUT2D eigenvalue weighted by atomic mass is 16.4. The van der Waals surface area contributed by atoms with E-state index in [1.807, 2.05) is 0 Å². The van der Waals surface area contributed by atoms with Crippen molar-refractivity contribution in [2.75, 3.05) is 6.61 Å². The number of rotatable bonds is 44. The minimum atomic E-state index is -1.44. The SMILES string of the molecule is CCCC\C=C/C=C/C=C\CCCCCCCCC(O)(CO)C(O)(CCCCCCCC\C=C/C=C/C=C\CCCC)CCCCCCCC\C=C/C=C/C=C\CCCC. The highest BCUT2D eigenvalue weighted by Crippen LogP contribution is 2.37. The lowest BCUT2D eigenvalue weighted by molar-refractivity contribution is -0.185. The molecule has 0 aromatic heterocycles. The van der Waals surface area contributed by atoms with E-state index in [0.29, 0.717) is 19.3 Å². The molecule has 0 aromatic rings. The van der Waals surface area contributed by atoms with Gasteiger partial charge in [-0.25, -0.2) is 0 Å². The number of hydrogen-bond acceptors (Lipinski definition) is 3. The molecule has 0 heterocycles. The topological polar surface area (TPSA) is 60.7 Å². The minimum Gasteiger partial charge on any atom is -0.393 e. The Kier molecular flexibility index (Phi) is 44.2. The summed E-state index contributed by atoms with van der Waals surface area (Å²) >= 11 is 0. The minimum absolute atomic E-state index is 0.367. The maximum atomic E-state index is 12.1. The third-order valence-corrected chi connectivity index (χ3v) is 11.8. The van der Waals surface area contributed by atoms with Crippen LogP contribution in [0.1, 0.15) is 233 Å². The van der Waals surface area contributed by atoms with Crippen LogP contribution in [-0.4, -0.2) is 33.1 Å². The molecule has 0 aromatic carbocycles. The Hall–Kier alpha value is -2.46. The highest BCUT2D eigenvalue weighted by Gasteiger charge is 2.47. The van der Waals surface area contributed by atoms with Gasteiger partial charge in [0, 0.05) is 0 Å². The monoisotopic (exact) mass is 831 g/mol. The van der Waals surface area contributed by atoms with Crippen LogP contribution in [0.3, 0.4) is 0 Å². The zero-order chi connectivity index (χ0) is 43.8. The predicted octanol–water partition coefficient (Wildman–Crippen LogP) is 17.4. The molecular weight excluding hydrogens is 733 g/mol. The van der Waals surface area contributed by atoms with Crippen molar-refractivity contribution in [2.45, 2.75) is 244 Å². The van der Waals surface area contributed by atoms with Gasteiger partial charge in [-0.2, -0.15) is 0 Å². The Morgan fingerprint density at radius 2 is 0.483 bits per heavy atom. The standard InChI is InChI=1S/C57H98O3/c1-4-7-10-13-16-19-22-25-28-31-34-37-40-43-46-49-52-56(59,53-50-47-44-41-38-35-32-29-26-23-20-17-14-11-8-5-2)57(60,55-58)54-51-48-45-42-39-36-33-30-27-24-21-18-15-12-9-6-3/h13-30,58-60H,4-12,31-55H2,1-3H3/b16-13-,17-14-,18-15-,22-19+,23-20+,24-21+,28-25-,29-26-,30-27-. The number of aliphatic hydroxyl groups is 3. The summed E-state index contributed by atoms with van der Waals surface area (Å²) in [4.78, 5) is 0. The van der Waals surface area contributed by atoms with Gasteiger partial charge in [-0.1, -0.05) is 265 Å². The van der Waals surface area contributed by atoms with Crippen molar-refractivity contribution in [1.82, 2.24) is 0 Å². The molecule has 0 bridgehead atoms. The molecule has 3 heteroatoms. The zero-order valence-corrected chi connectivity index (χ0v) is 39.8. The molecule has 0 spiro atoms. The normalized spacial score (nSPS) is 14.3. The van der Waals surface area contributed by atoms with Crippen molar-refractivity contribution < 1.29 is 15.3 Å². The first-order valence-electron chi connectivity index (χ1n) is 25.5. The second-order valence-electron chi connectivity index (χ2n) is 17.4. The van der Waals surface area contributed by atoms with E-state index >= 15 is 0 Å². The van der Waals surface area contributed by atoms with Gasteiger partial charge in [-0.05, 0) is 77.0 Å². The smallest absolute Gasteiger partial charge is 0.116 e. The fourth-order valence-corrected chi connectivity index (χ4v) is 7.61. The van der Waals surface area contributed by atoms with Crippen molar-refractivity contribution in [2.24, 2.45) is 0 Å². The van der Waals surface area contributed by atoms with Crippen LogP contribution in [0, 0.1) is 0 Å². The first-order chi connectivity index (χ1) is 29.5. The average molecular weight is 831 g/mol. The third kappa shape index (κ3) is 37.3. The molecule has 0 fully saturated rings. The van der Waals surface area contributed by atoms with Crippen LogP contribution in [0.25, 0.3) is 0 Å². The highest BCUT2D eigenvalue weighted by molar-refractivity contribution is 5.12. The number of allylic oxidation sites excluding steroid dienone is 18. The summed E-state index contributed by atoms with van der Waals surface area (Å²) in [5, 5.41) is 34.6. The van der Waals surface area contributed by atoms with Gasteiger partial charge in [0.05, 0.1) is 12.2 Å². The van der Waals surface area contributed by atoms with Gasteiger partial charge in [-0.15, -0.1) is 0 Å². The van der Waals surface area contributed by atoms with Gasteiger partial charge in [-0.3, -0.25) is 0 Å². The Morgan fingerprint density at radius 1 is 0.267 bits per heavy atom.